The molecule has 0 amide bonds. The summed E-state index contributed by atoms with van der Waals surface area (Å²) in [4.78, 5) is 5.62. The SMILES string of the molecule is Cc1cc(NCCc2scnc2C)ccc1Br. The van der Waals surface area contributed by atoms with Gasteiger partial charge >= 0.3 is 0 Å². The third-order valence-corrected chi connectivity index (χ3v) is 4.57. The van der Waals surface area contributed by atoms with Gasteiger partial charge in [-0.05, 0) is 37.6 Å². The largest absolute Gasteiger partial charge is 0.385 e. The third kappa shape index (κ3) is 3.30. The molecule has 4 heteroatoms. The number of aryl methyl sites for hydroxylation is 2. The van der Waals surface area contributed by atoms with Crippen molar-refractivity contribution in [2.45, 2.75) is 20.3 Å². The number of anilines is 1. The van der Waals surface area contributed by atoms with E-state index in [1.807, 2.05) is 5.51 Å². The maximum Gasteiger partial charge on any atom is 0.0797 e. The Hall–Kier alpha value is -0.870. The molecule has 0 aliphatic heterocycles. The lowest BCUT2D eigenvalue weighted by Gasteiger charge is -2.07. The normalized spacial score (nSPS) is 10.5. The number of benzene rings is 1. The lowest BCUT2D eigenvalue weighted by molar-refractivity contribution is 1.02. The molecule has 0 spiro atoms. The Balaban J connectivity index is 1.90. The first-order chi connectivity index (χ1) is 8.16. The van der Waals surface area contributed by atoms with Crippen molar-refractivity contribution in [3.8, 4) is 0 Å². The molecule has 0 atom stereocenters. The number of halogens is 1. The lowest BCUT2D eigenvalue weighted by Crippen LogP contribution is -2.04. The average molecular weight is 311 g/mol. The number of thiazole rings is 1. The van der Waals surface area contributed by atoms with E-state index < -0.39 is 0 Å². The van der Waals surface area contributed by atoms with Crippen LogP contribution in [0.4, 0.5) is 5.69 Å². The lowest BCUT2D eigenvalue weighted by atomic mass is 10.2. The van der Waals surface area contributed by atoms with Gasteiger partial charge in [-0.25, -0.2) is 4.98 Å². The van der Waals surface area contributed by atoms with Crippen molar-refractivity contribution in [3.05, 3.63) is 44.3 Å². The first kappa shape index (κ1) is 12.6. The van der Waals surface area contributed by atoms with Gasteiger partial charge in [0.05, 0.1) is 11.2 Å². The number of rotatable bonds is 4. The Morgan fingerprint density at radius 3 is 2.82 bits per heavy atom. The standard InChI is InChI=1S/C13H15BrN2S/c1-9-7-11(3-4-12(9)14)15-6-5-13-10(2)16-8-17-13/h3-4,7-8,15H,5-6H2,1-2H3. The topological polar surface area (TPSA) is 24.9 Å². The molecule has 90 valence electrons. The van der Waals surface area contributed by atoms with Gasteiger partial charge in [-0.3, -0.25) is 0 Å². The molecule has 2 nitrogen and oxygen atoms in total. The minimum absolute atomic E-state index is 0.949. The highest BCUT2D eigenvalue weighted by Crippen LogP contribution is 2.20. The van der Waals surface area contributed by atoms with Crippen molar-refractivity contribution < 1.29 is 0 Å². The van der Waals surface area contributed by atoms with Crippen LogP contribution in [0.3, 0.4) is 0 Å². The monoisotopic (exact) mass is 310 g/mol. The van der Waals surface area contributed by atoms with Crippen molar-refractivity contribution in [3.63, 3.8) is 0 Å². The van der Waals surface area contributed by atoms with Crippen LogP contribution in [0, 0.1) is 13.8 Å². The van der Waals surface area contributed by atoms with Gasteiger partial charge < -0.3 is 5.32 Å². The fourth-order valence-electron chi connectivity index (χ4n) is 1.64. The first-order valence-corrected chi connectivity index (χ1v) is 7.23. The molecule has 0 saturated heterocycles. The minimum Gasteiger partial charge on any atom is -0.385 e. The highest BCUT2D eigenvalue weighted by molar-refractivity contribution is 9.10. The quantitative estimate of drug-likeness (QED) is 0.916. The van der Waals surface area contributed by atoms with Gasteiger partial charge in [0, 0.05) is 28.0 Å². The van der Waals surface area contributed by atoms with Crippen LogP contribution in [0.5, 0.6) is 0 Å². The predicted molar refractivity (Wildman–Crippen MR) is 77.9 cm³/mol. The van der Waals surface area contributed by atoms with Crippen molar-refractivity contribution in [2.24, 2.45) is 0 Å². The summed E-state index contributed by atoms with van der Waals surface area (Å²) in [6, 6.07) is 6.33. The van der Waals surface area contributed by atoms with Gasteiger partial charge in [0.1, 0.15) is 0 Å². The maximum atomic E-state index is 4.25. The van der Waals surface area contributed by atoms with Crippen molar-refractivity contribution >= 4 is 33.0 Å². The number of nitrogens with one attached hydrogen (secondary N) is 1. The number of hydrogen-bond acceptors (Lipinski definition) is 3. The van der Waals surface area contributed by atoms with Gasteiger partial charge in [-0.1, -0.05) is 15.9 Å². The van der Waals surface area contributed by atoms with E-state index in [1.165, 1.54) is 16.1 Å². The van der Waals surface area contributed by atoms with Crippen LogP contribution in [0.2, 0.25) is 0 Å². The molecule has 17 heavy (non-hydrogen) atoms. The third-order valence-electron chi connectivity index (χ3n) is 2.68. The highest BCUT2D eigenvalue weighted by Gasteiger charge is 2.01. The summed E-state index contributed by atoms with van der Waals surface area (Å²) in [6.07, 6.45) is 1.03. The van der Waals surface area contributed by atoms with Gasteiger partial charge in [0.15, 0.2) is 0 Å². The maximum absolute atomic E-state index is 4.25. The van der Waals surface area contributed by atoms with Crippen LogP contribution < -0.4 is 5.32 Å². The summed E-state index contributed by atoms with van der Waals surface area (Å²) < 4.78 is 1.15. The summed E-state index contributed by atoms with van der Waals surface area (Å²) >= 11 is 5.24. The Bertz CT molecular complexity index is 508. The summed E-state index contributed by atoms with van der Waals surface area (Å²) in [7, 11) is 0. The summed E-state index contributed by atoms with van der Waals surface area (Å²) in [6.45, 7) is 5.11. The molecule has 0 aliphatic carbocycles. The van der Waals surface area contributed by atoms with E-state index >= 15 is 0 Å². The first-order valence-electron chi connectivity index (χ1n) is 5.56. The summed E-state index contributed by atoms with van der Waals surface area (Å²) in [5, 5.41) is 3.44. The molecule has 0 fully saturated rings. The van der Waals surface area contributed by atoms with Crippen LogP contribution >= 0.6 is 27.3 Å². The van der Waals surface area contributed by atoms with Crippen molar-refractivity contribution in [1.29, 1.82) is 0 Å². The van der Waals surface area contributed by atoms with E-state index in [4.69, 9.17) is 0 Å². The predicted octanol–water partition coefficient (Wildman–Crippen LogP) is 4.18. The van der Waals surface area contributed by atoms with Gasteiger partial charge in [-0.2, -0.15) is 0 Å². The van der Waals surface area contributed by atoms with E-state index in [1.54, 1.807) is 11.3 Å². The second-order valence-corrected chi connectivity index (χ2v) is 5.80. The Kier molecular flexibility index (Phi) is 4.18. The van der Waals surface area contributed by atoms with Gasteiger partial charge in [0.2, 0.25) is 0 Å². The van der Waals surface area contributed by atoms with E-state index in [0.29, 0.717) is 0 Å². The second-order valence-electron chi connectivity index (χ2n) is 4.00. The summed E-state index contributed by atoms with van der Waals surface area (Å²) in [5.41, 5.74) is 5.50. The van der Waals surface area contributed by atoms with Crippen LogP contribution in [-0.2, 0) is 6.42 Å². The van der Waals surface area contributed by atoms with Crippen LogP contribution in [0.25, 0.3) is 0 Å². The number of nitrogens with zero attached hydrogens (tertiary/aromatic N) is 1. The van der Waals surface area contributed by atoms with Gasteiger partial charge in [-0.15, -0.1) is 11.3 Å². The zero-order chi connectivity index (χ0) is 12.3. The Morgan fingerprint density at radius 2 is 2.18 bits per heavy atom. The zero-order valence-electron chi connectivity index (χ0n) is 9.96. The van der Waals surface area contributed by atoms with Crippen LogP contribution in [0.15, 0.2) is 28.2 Å². The van der Waals surface area contributed by atoms with Crippen molar-refractivity contribution in [1.82, 2.24) is 4.98 Å². The molecule has 0 radical (unpaired) electrons. The molecule has 1 aromatic carbocycles. The molecule has 0 bridgehead atoms. The minimum atomic E-state index is 0.949. The van der Waals surface area contributed by atoms with Crippen molar-refractivity contribution in [2.75, 3.05) is 11.9 Å². The van der Waals surface area contributed by atoms with E-state index in [0.717, 1.165) is 23.1 Å². The molecule has 0 aliphatic rings. The summed E-state index contributed by atoms with van der Waals surface area (Å²) in [5.74, 6) is 0. The molecule has 2 aromatic rings. The Morgan fingerprint density at radius 1 is 1.35 bits per heavy atom. The van der Waals surface area contributed by atoms with Gasteiger partial charge in [0.25, 0.3) is 0 Å². The van der Waals surface area contributed by atoms with E-state index in [9.17, 15) is 0 Å². The highest BCUT2D eigenvalue weighted by atomic mass is 79.9. The molecule has 0 unspecified atom stereocenters. The molecule has 2 rings (SSSR count). The second kappa shape index (κ2) is 5.65. The molecule has 0 saturated carbocycles. The zero-order valence-corrected chi connectivity index (χ0v) is 12.4. The molecule has 1 aromatic heterocycles. The van der Waals surface area contributed by atoms with Crippen LogP contribution in [-0.4, -0.2) is 11.5 Å². The average Bonchev–Trinajstić information content (AvgIpc) is 2.70. The van der Waals surface area contributed by atoms with E-state index in [2.05, 4.69) is 58.3 Å². The number of hydrogen-bond donors (Lipinski definition) is 1. The Labute approximate surface area is 114 Å². The van der Waals surface area contributed by atoms with E-state index in [-0.39, 0.29) is 0 Å². The fourth-order valence-corrected chi connectivity index (χ4v) is 2.67. The number of aromatic nitrogens is 1. The molecule has 1 heterocycles. The molecular weight excluding hydrogens is 296 g/mol. The smallest absolute Gasteiger partial charge is 0.0797 e. The fraction of sp³-hybridized carbons (Fsp3) is 0.308. The molecule has 1 N–H and O–H groups in total. The van der Waals surface area contributed by atoms with Crippen LogP contribution in [0.1, 0.15) is 16.1 Å². The molecular formula is C13H15BrN2S.